The van der Waals surface area contributed by atoms with Crippen molar-refractivity contribution < 1.29 is 14.3 Å². The van der Waals surface area contributed by atoms with Crippen LogP contribution in [-0.2, 0) is 4.74 Å². The highest BCUT2D eigenvalue weighted by atomic mass is 16.6. The molecule has 0 saturated carbocycles. The van der Waals surface area contributed by atoms with Gasteiger partial charge in [0.15, 0.2) is 11.6 Å². The Kier molecular flexibility index (Phi) is 1.76. The van der Waals surface area contributed by atoms with E-state index < -0.39 is 5.92 Å². The fraction of sp³-hybridized carbons (Fsp3) is 0.333. The molecule has 1 aliphatic carbocycles. The molecule has 1 saturated heterocycles. The van der Waals surface area contributed by atoms with E-state index in [0.717, 1.165) is 0 Å². The highest BCUT2D eigenvalue weighted by Gasteiger charge is 2.41. The third-order valence-electron chi connectivity index (χ3n) is 2.99. The number of ether oxygens (including phenoxy) is 1. The minimum absolute atomic E-state index is 0.0360. The molecule has 1 fully saturated rings. The molecule has 0 amide bonds. The highest BCUT2D eigenvalue weighted by Crippen LogP contribution is 2.32. The Bertz CT molecular complexity index is 411. The van der Waals surface area contributed by atoms with Crippen molar-refractivity contribution in [3.63, 3.8) is 0 Å². The lowest BCUT2D eigenvalue weighted by Crippen LogP contribution is -2.17. The van der Waals surface area contributed by atoms with Crippen LogP contribution in [-0.4, -0.2) is 24.3 Å². The summed E-state index contributed by atoms with van der Waals surface area (Å²) >= 11 is 0. The zero-order valence-electron chi connectivity index (χ0n) is 8.10. The summed E-state index contributed by atoms with van der Waals surface area (Å²) in [5.74, 6) is -0.563. The number of benzene rings is 1. The van der Waals surface area contributed by atoms with Crippen molar-refractivity contribution in [2.24, 2.45) is 5.92 Å². The minimum atomic E-state index is -0.491. The summed E-state index contributed by atoms with van der Waals surface area (Å²) in [5.41, 5.74) is 1.15. The summed E-state index contributed by atoms with van der Waals surface area (Å²) in [4.78, 5) is 23.8. The normalized spacial score (nSPS) is 24.4. The standard InChI is InChI=1S/C12H10O3/c13-11-8-3-1-2-4-9(8)12(14)10(11)5-7-6-15-7/h1-4,7,10H,5-6H2. The zero-order chi connectivity index (χ0) is 10.4. The number of hydrogen-bond acceptors (Lipinski definition) is 3. The number of rotatable bonds is 2. The Morgan fingerprint density at radius 1 is 1.13 bits per heavy atom. The third kappa shape index (κ3) is 1.31. The van der Waals surface area contributed by atoms with Crippen LogP contribution in [0.1, 0.15) is 27.1 Å². The molecule has 0 aromatic heterocycles. The zero-order valence-corrected chi connectivity index (χ0v) is 8.10. The summed E-state index contributed by atoms with van der Waals surface area (Å²) in [6, 6.07) is 7.03. The molecule has 15 heavy (non-hydrogen) atoms. The molecule has 0 N–H and O–H groups in total. The van der Waals surface area contributed by atoms with E-state index in [1.54, 1.807) is 24.3 Å². The lowest BCUT2D eigenvalue weighted by Gasteiger charge is -2.02. The molecule has 3 nitrogen and oxygen atoms in total. The Labute approximate surface area is 87.0 Å². The minimum Gasteiger partial charge on any atom is -0.373 e. The average molecular weight is 202 g/mol. The maximum absolute atomic E-state index is 11.9. The van der Waals surface area contributed by atoms with Crippen LogP contribution in [0.4, 0.5) is 0 Å². The van der Waals surface area contributed by atoms with Gasteiger partial charge >= 0.3 is 0 Å². The van der Waals surface area contributed by atoms with Crippen molar-refractivity contribution in [3.8, 4) is 0 Å². The largest absolute Gasteiger partial charge is 0.373 e. The van der Waals surface area contributed by atoms with E-state index in [9.17, 15) is 9.59 Å². The number of ketones is 2. The van der Waals surface area contributed by atoms with Gasteiger partial charge in [-0.25, -0.2) is 0 Å². The lowest BCUT2D eigenvalue weighted by molar-refractivity contribution is 0.0823. The predicted octanol–water partition coefficient (Wildman–Crippen LogP) is 1.47. The van der Waals surface area contributed by atoms with Crippen molar-refractivity contribution in [1.82, 2.24) is 0 Å². The van der Waals surface area contributed by atoms with Crippen molar-refractivity contribution >= 4 is 11.6 Å². The van der Waals surface area contributed by atoms with Gasteiger partial charge in [-0.2, -0.15) is 0 Å². The Morgan fingerprint density at radius 3 is 2.13 bits per heavy atom. The summed E-state index contributed by atoms with van der Waals surface area (Å²) in [6.45, 7) is 0.688. The molecule has 1 heterocycles. The Balaban J connectivity index is 1.96. The second kappa shape index (κ2) is 3.00. The van der Waals surface area contributed by atoms with Gasteiger partial charge in [-0.1, -0.05) is 24.3 Å². The van der Waals surface area contributed by atoms with Crippen LogP contribution in [0, 0.1) is 5.92 Å². The SMILES string of the molecule is O=C1c2ccccc2C(=O)C1CC1CO1. The second-order valence-electron chi connectivity index (χ2n) is 4.02. The van der Waals surface area contributed by atoms with Crippen LogP contribution in [0.2, 0.25) is 0 Å². The molecule has 0 spiro atoms. The number of epoxide rings is 1. The van der Waals surface area contributed by atoms with Crippen molar-refractivity contribution in [2.45, 2.75) is 12.5 Å². The maximum atomic E-state index is 11.9. The van der Waals surface area contributed by atoms with Gasteiger partial charge in [0.1, 0.15) is 0 Å². The van der Waals surface area contributed by atoms with Crippen molar-refractivity contribution in [3.05, 3.63) is 35.4 Å². The predicted molar refractivity (Wildman–Crippen MR) is 53.0 cm³/mol. The molecule has 76 valence electrons. The summed E-state index contributed by atoms with van der Waals surface area (Å²) in [6.07, 6.45) is 0.670. The van der Waals surface area contributed by atoms with Gasteiger partial charge in [0, 0.05) is 11.1 Å². The van der Waals surface area contributed by atoms with E-state index in [1.807, 2.05) is 0 Å². The Morgan fingerprint density at radius 2 is 1.67 bits per heavy atom. The molecule has 0 bridgehead atoms. The molecule has 1 aromatic carbocycles. The third-order valence-corrected chi connectivity index (χ3v) is 2.99. The fourth-order valence-electron chi connectivity index (χ4n) is 2.09. The molecule has 1 unspecified atom stereocenters. The summed E-state index contributed by atoms with van der Waals surface area (Å²) in [5, 5.41) is 0. The fourth-order valence-corrected chi connectivity index (χ4v) is 2.09. The average Bonchev–Trinajstić information content (AvgIpc) is 3.04. The molecule has 1 aliphatic heterocycles. The second-order valence-corrected chi connectivity index (χ2v) is 4.02. The van der Waals surface area contributed by atoms with Crippen molar-refractivity contribution in [2.75, 3.05) is 6.61 Å². The molecule has 2 aliphatic rings. The number of Topliss-reactive ketones (excluding diaryl/α,β-unsaturated/α-hetero) is 2. The number of hydrogen-bond donors (Lipinski definition) is 0. The van der Waals surface area contributed by atoms with E-state index in [-0.39, 0.29) is 17.7 Å². The molecular formula is C12H10O3. The number of carbonyl (C=O) groups is 2. The lowest BCUT2D eigenvalue weighted by atomic mass is 9.98. The Hall–Kier alpha value is -1.48. The monoisotopic (exact) mass is 202 g/mol. The smallest absolute Gasteiger partial charge is 0.174 e. The first-order valence-corrected chi connectivity index (χ1v) is 5.06. The van der Waals surface area contributed by atoms with Gasteiger partial charge in [-0.05, 0) is 6.42 Å². The molecular weight excluding hydrogens is 192 g/mol. The first-order valence-electron chi connectivity index (χ1n) is 5.06. The highest BCUT2D eigenvalue weighted by molar-refractivity contribution is 6.26. The first kappa shape index (κ1) is 8.80. The van der Waals surface area contributed by atoms with Crippen LogP contribution < -0.4 is 0 Å². The van der Waals surface area contributed by atoms with Gasteiger partial charge in [0.05, 0.1) is 18.6 Å². The van der Waals surface area contributed by atoms with E-state index in [0.29, 0.717) is 24.2 Å². The molecule has 3 heteroatoms. The number of fused-ring (bicyclic) bond motifs is 1. The number of carbonyl (C=O) groups excluding carboxylic acids is 2. The quantitative estimate of drug-likeness (QED) is 0.539. The van der Waals surface area contributed by atoms with Crippen LogP contribution >= 0.6 is 0 Å². The summed E-state index contributed by atoms with van der Waals surface area (Å²) in [7, 11) is 0. The van der Waals surface area contributed by atoms with Crippen molar-refractivity contribution in [1.29, 1.82) is 0 Å². The molecule has 3 rings (SSSR count). The van der Waals surface area contributed by atoms with Crippen LogP contribution in [0.25, 0.3) is 0 Å². The molecule has 1 aromatic rings. The summed E-state index contributed by atoms with van der Waals surface area (Å²) < 4.78 is 5.06. The molecule has 1 atom stereocenters. The first-order chi connectivity index (χ1) is 7.27. The van der Waals surface area contributed by atoms with Gasteiger partial charge in [-0.3, -0.25) is 9.59 Å². The van der Waals surface area contributed by atoms with Gasteiger partial charge in [-0.15, -0.1) is 0 Å². The topological polar surface area (TPSA) is 46.7 Å². The van der Waals surface area contributed by atoms with E-state index in [4.69, 9.17) is 4.74 Å². The van der Waals surface area contributed by atoms with Gasteiger partial charge < -0.3 is 4.74 Å². The van der Waals surface area contributed by atoms with E-state index >= 15 is 0 Å². The van der Waals surface area contributed by atoms with Gasteiger partial charge in [0.2, 0.25) is 0 Å². The van der Waals surface area contributed by atoms with Gasteiger partial charge in [0.25, 0.3) is 0 Å². The maximum Gasteiger partial charge on any atom is 0.174 e. The molecule has 0 radical (unpaired) electrons. The van der Waals surface area contributed by atoms with Crippen LogP contribution in [0.5, 0.6) is 0 Å². The van der Waals surface area contributed by atoms with E-state index in [2.05, 4.69) is 0 Å². The van der Waals surface area contributed by atoms with Crippen LogP contribution in [0.15, 0.2) is 24.3 Å². The van der Waals surface area contributed by atoms with E-state index in [1.165, 1.54) is 0 Å². The van der Waals surface area contributed by atoms with Crippen LogP contribution in [0.3, 0.4) is 0 Å².